The van der Waals surface area contributed by atoms with Gasteiger partial charge in [0.15, 0.2) is 0 Å². The van der Waals surface area contributed by atoms with Crippen LogP contribution in [0.1, 0.15) is 54.8 Å². The first-order valence-electron chi connectivity index (χ1n) is 6.47. The molecular formula is C13H20N2S. The highest BCUT2D eigenvalue weighted by Gasteiger charge is 2.39. The van der Waals surface area contributed by atoms with E-state index in [1.165, 1.54) is 48.5 Å². The summed E-state index contributed by atoms with van der Waals surface area (Å²) in [6.45, 7) is 4.53. The minimum atomic E-state index is 0.657. The van der Waals surface area contributed by atoms with Crippen molar-refractivity contribution in [3.8, 4) is 0 Å². The van der Waals surface area contributed by atoms with Crippen LogP contribution in [-0.2, 0) is 6.54 Å². The number of hydrogen-bond donors (Lipinski definition) is 1. The van der Waals surface area contributed by atoms with E-state index < -0.39 is 0 Å². The van der Waals surface area contributed by atoms with Crippen molar-refractivity contribution < 1.29 is 0 Å². The Bertz CT molecular complexity index is 364. The Morgan fingerprint density at radius 2 is 2.31 bits per heavy atom. The summed E-state index contributed by atoms with van der Waals surface area (Å²) < 4.78 is 0. The third-order valence-electron chi connectivity index (χ3n) is 4.00. The highest BCUT2D eigenvalue weighted by molar-refractivity contribution is 7.11. The largest absolute Gasteiger partial charge is 0.311 e. The Morgan fingerprint density at radius 3 is 2.94 bits per heavy atom. The molecule has 1 N–H and O–H groups in total. The summed E-state index contributed by atoms with van der Waals surface area (Å²) in [5.74, 6) is 0.809. The summed E-state index contributed by atoms with van der Waals surface area (Å²) in [6, 6.07) is 0. The maximum absolute atomic E-state index is 4.51. The van der Waals surface area contributed by atoms with Crippen molar-refractivity contribution in [3.63, 3.8) is 0 Å². The number of aromatic nitrogens is 1. The Balaban J connectivity index is 1.46. The third-order valence-corrected chi connectivity index (χ3v) is 5.16. The molecule has 88 valence electrons. The molecule has 2 nitrogen and oxygen atoms in total. The van der Waals surface area contributed by atoms with Gasteiger partial charge in [-0.1, -0.05) is 6.92 Å². The van der Waals surface area contributed by atoms with Gasteiger partial charge in [-0.05, 0) is 37.5 Å². The average Bonchev–Trinajstić information content (AvgIpc) is 3.21. The van der Waals surface area contributed by atoms with Gasteiger partial charge in [0.25, 0.3) is 0 Å². The summed E-state index contributed by atoms with van der Waals surface area (Å²) in [5.41, 5.74) is 0.657. The van der Waals surface area contributed by atoms with E-state index in [-0.39, 0.29) is 0 Å². The quantitative estimate of drug-likeness (QED) is 0.819. The second-order valence-corrected chi connectivity index (χ2v) is 6.54. The van der Waals surface area contributed by atoms with Crippen molar-refractivity contribution in [2.24, 2.45) is 5.41 Å². The first-order chi connectivity index (χ1) is 7.81. The molecule has 1 aromatic rings. The van der Waals surface area contributed by atoms with E-state index in [1.54, 1.807) is 0 Å². The van der Waals surface area contributed by atoms with Crippen LogP contribution in [0.25, 0.3) is 0 Å². The van der Waals surface area contributed by atoms with E-state index in [1.807, 2.05) is 11.3 Å². The first-order valence-corrected chi connectivity index (χ1v) is 7.28. The van der Waals surface area contributed by atoms with Gasteiger partial charge in [0, 0.05) is 30.1 Å². The minimum absolute atomic E-state index is 0.657. The van der Waals surface area contributed by atoms with E-state index in [4.69, 9.17) is 0 Å². The Labute approximate surface area is 101 Å². The standard InChI is InChI=1S/C13H20N2S/c1-2-13(5-6-13)9-14-7-11-8-15-12(16-11)10-3-4-10/h8,10,14H,2-7,9H2,1H3. The zero-order chi connectivity index (χ0) is 11.0. The van der Waals surface area contributed by atoms with E-state index in [0.717, 1.165) is 12.5 Å². The van der Waals surface area contributed by atoms with Crippen molar-refractivity contribution in [1.29, 1.82) is 0 Å². The van der Waals surface area contributed by atoms with Crippen LogP contribution in [0.3, 0.4) is 0 Å². The zero-order valence-electron chi connectivity index (χ0n) is 9.96. The fraction of sp³-hybridized carbons (Fsp3) is 0.769. The van der Waals surface area contributed by atoms with Gasteiger partial charge in [-0.2, -0.15) is 0 Å². The Kier molecular flexibility index (Phi) is 2.76. The van der Waals surface area contributed by atoms with E-state index in [2.05, 4.69) is 23.4 Å². The predicted octanol–water partition coefficient (Wildman–Crippen LogP) is 3.30. The van der Waals surface area contributed by atoms with Crippen LogP contribution in [-0.4, -0.2) is 11.5 Å². The van der Waals surface area contributed by atoms with Crippen LogP contribution in [0.2, 0.25) is 0 Å². The molecule has 0 unspecified atom stereocenters. The Morgan fingerprint density at radius 1 is 1.50 bits per heavy atom. The second kappa shape index (κ2) is 4.11. The van der Waals surface area contributed by atoms with Crippen LogP contribution in [0, 0.1) is 5.41 Å². The fourth-order valence-electron chi connectivity index (χ4n) is 2.21. The third kappa shape index (κ3) is 2.30. The smallest absolute Gasteiger partial charge is 0.0959 e. The number of hydrogen-bond acceptors (Lipinski definition) is 3. The predicted molar refractivity (Wildman–Crippen MR) is 67.8 cm³/mol. The molecule has 0 aromatic carbocycles. The molecule has 0 bridgehead atoms. The van der Waals surface area contributed by atoms with Gasteiger partial charge in [-0.3, -0.25) is 0 Å². The molecule has 2 fully saturated rings. The highest BCUT2D eigenvalue weighted by Crippen LogP contribution is 2.48. The summed E-state index contributed by atoms with van der Waals surface area (Å²) in [4.78, 5) is 5.92. The molecule has 2 aliphatic carbocycles. The summed E-state index contributed by atoms with van der Waals surface area (Å²) in [5, 5.41) is 4.97. The lowest BCUT2D eigenvalue weighted by Crippen LogP contribution is -2.22. The monoisotopic (exact) mass is 236 g/mol. The van der Waals surface area contributed by atoms with Crippen LogP contribution < -0.4 is 5.32 Å². The summed E-state index contributed by atoms with van der Waals surface area (Å²) in [7, 11) is 0. The maximum Gasteiger partial charge on any atom is 0.0959 e. The second-order valence-electron chi connectivity index (χ2n) is 5.40. The van der Waals surface area contributed by atoms with Gasteiger partial charge in [-0.25, -0.2) is 4.98 Å². The SMILES string of the molecule is CCC1(CNCc2cnc(C3CC3)s2)CC1. The number of nitrogens with zero attached hydrogens (tertiary/aromatic N) is 1. The topological polar surface area (TPSA) is 24.9 Å². The lowest BCUT2D eigenvalue weighted by atomic mass is 10.0. The molecule has 2 aliphatic rings. The average molecular weight is 236 g/mol. The van der Waals surface area contributed by atoms with Gasteiger partial charge in [-0.15, -0.1) is 11.3 Å². The molecule has 3 rings (SSSR count). The molecule has 2 saturated carbocycles. The number of rotatable bonds is 6. The normalized spacial score (nSPS) is 22.3. The maximum atomic E-state index is 4.51. The van der Waals surface area contributed by atoms with Gasteiger partial charge in [0.1, 0.15) is 0 Å². The molecule has 0 radical (unpaired) electrons. The van der Waals surface area contributed by atoms with Crippen LogP contribution >= 0.6 is 11.3 Å². The molecule has 16 heavy (non-hydrogen) atoms. The van der Waals surface area contributed by atoms with E-state index >= 15 is 0 Å². The lowest BCUT2D eigenvalue weighted by Gasteiger charge is -2.12. The first kappa shape index (κ1) is 10.7. The summed E-state index contributed by atoms with van der Waals surface area (Å²) in [6.07, 6.45) is 8.96. The molecule has 0 aliphatic heterocycles. The molecule has 1 aromatic heterocycles. The van der Waals surface area contributed by atoms with Gasteiger partial charge >= 0.3 is 0 Å². The fourth-order valence-corrected chi connectivity index (χ4v) is 3.26. The number of thiazole rings is 1. The van der Waals surface area contributed by atoms with Gasteiger partial charge < -0.3 is 5.32 Å². The molecule has 1 heterocycles. The Hall–Kier alpha value is -0.410. The van der Waals surface area contributed by atoms with E-state index in [0.29, 0.717) is 5.41 Å². The van der Waals surface area contributed by atoms with Crippen molar-refractivity contribution >= 4 is 11.3 Å². The van der Waals surface area contributed by atoms with Crippen molar-refractivity contribution in [1.82, 2.24) is 10.3 Å². The zero-order valence-corrected chi connectivity index (χ0v) is 10.8. The molecular weight excluding hydrogens is 216 g/mol. The van der Waals surface area contributed by atoms with Crippen molar-refractivity contribution in [3.05, 3.63) is 16.1 Å². The van der Waals surface area contributed by atoms with Crippen LogP contribution in [0.4, 0.5) is 0 Å². The lowest BCUT2D eigenvalue weighted by molar-refractivity contribution is 0.444. The molecule has 3 heteroatoms. The van der Waals surface area contributed by atoms with Gasteiger partial charge in [0.2, 0.25) is 0 Å². The van der Waals surface area contributed by atoms with Crippen LogP contribution in [0.15, 0.2) is 6.20 Å². The molecule has 0 amide bonds. The van der Waals surface area contributed by atoms with E-state index in [9.17, 15) is 0 Å². The minimum Gasteiger partial charge on any atom is -0.311 e. The highest BCUT2D eigenvalue weighted by atomic mass is 32.1. The number of nitrogens with one attached hydrogen (secondary N) is 1. The summed E-state index contributed by atoms with van der Waals surface area (Å²) >= 11 is 1.91. The molecule has 0 atom stereocenters. The molecule has 0 spiro atoms. The molecule has 0 saturated heterocycles. The van der Waals surface area contributed by atoms with Crippen molar-refractivity contribution in [2.75, 3.05) is 6.54 Å². The van der Waals surface area contributed by atoms with Crippen molar-refractivity contribution in [2.45, 2.75) is 51.5 Å². The van der Waals surface area contributed by atoms with Gasteiger partial charge in [0.05, 0.1) is 5.01 Å². The van der Waals surface area contributed by atoms with Crippen LogP contribution in [0.5, 0.6) is 0 Å².